The second-order valence-electron chi connectivity index (χ2n) is 4.57. The summed E-state index contributed by atoms with van der Waals surface area (Å²) in [7, 11) is 0. The molecule has 1 rings (SSSR count). The number of urea groups is 1. The van der Waals surface area contributed by atoms with Gasteiger partial charge in [0.1, 0.15) is 6.04 Å². The number of hydrogen-bond acceptors (Lipinski definition) is 2. The van der Waals surface area contributed by atoms with E-state index in [0.29, 0.717) is 17.9 Å². The van der Waals surface area contributed by atoms with Gasteiger partial charge in [0, 0.05) is 5.02 Å². The summed E-state index contributed by atoms with van der Waals surface area (Å²) >= 11 is 5.89. The van der Waals surface area contributed by atoms with E-state index in [0.717, 1.165) is 5.56 Å². The Morgan fingerprint density at radius 1 is 1.35 bits per heavy atom. The Labute approximate surface area is 123 Å². The molecule has 1 aromatic carbocycles. The van der Waals surface area contributed by atoms with E-state index in [1.165, 1.54) is 0 Å². The van der Waals surface area contributed by atoms with Crippen molar-refractivity contribution in [2.45, 2.75) is 38.8 Å². The molecule has 2 amide bonds. The molecule has 1 aromatic rings. The van der Waals surface area contributed by atoms with Gasteiger partial charge in [-0.3, -0.25) is 0 Å². The molecular formula is C14H19ClN2O3. The summed E-state index contributed by atoms with van der Waals surface area (Å²) in [4.78, 5) is 22.7. The normalized spacial score (nSPS) is 13.3. The van der Waals surface area contributed by atoms with Crippen molar-refractivity contribution in [2.24, 2.45) is 0 Å². The van der Waals surface area contributed by atoms with Gasteiger partial charge < -0.3 is 15.7 Å². The summed E-state index contributed by atoms with van der Waals surface area (Å²) in [6.45, 7) is 3.67. The summed E-state index contributed by atoms with van der Waals surface area (Å²) < 4.78 is 0. The fraction of sp³-hybridized carbons (Fsp3) is 0.429. The predicted octanol–water partition coefficient (Wildman–Crippen LogP) is 2.95. The molecule has 5 nitrogen and oxygen atoms in total. The van der Waals surface area contributed by atoms with E-state index in [2.05, 4.69) is 10.6 Å². The van der Waals surface area contributed by atoms with Gasteiger partial charge in [-0.05, 0) is 31.0 Å². The minimum atomic E-state index is -1.03. The third-order valence-corrected chi connectivity index (χ3v) is 3.11. The van der Waals surface area contributed by atoms with Crippen molar-refractivity contribution in [3.63, 3.8) is 0 Å². The molecule has 110 valence electrons. The highest BCUT2D eigenvalue weighted by Gasteiger charge is 2.19. The Hall–Kier alpha value is -1.75. The Morgan fingerprint density at radius 2 is 2.05 bits per heavy atom. The maximum absolute atomic E-state index is 11.8. The minimum absolute atomic E-state index is 0.259. The molecule has 0 aromatic heterocycles. The third kappa shape index (κ3) is 5.09. The number of nitrogens with one attached hydrogen (secondary N) is 2. The lowest BCUT2D eigenvalue weighted by atomic mass is 10.1. The van der Waals surface area contributed by atoms with Crippen molar-refractivity contribution in [3.05, 3.63) is 34.9 Å². The van der Waals surface area contributed by atoms with Crippen LogP contribution in [0, 0.1) is 0 Å². The number of carboxylic acids is 1. The van der Waals surface area contributed by atoms with Crippen molar-refractivity contribution < 1.29 is 14.7 Å². The largest absolute Gasteiger partial charge is 0.480 e. The molecule has 0 spiro atoms. The molecule has 0 saturated carbocycles. The molecule has 0 radical (unpaired) electrons. The smallest absolute Gasteiger partial charge is 0.326 e. The van der Waals surface area contributed by atoms with Crippen LogP contribution in [0.2, 0.25) is 5.02 Å². The first-order chi connectivity index (χ1) is 9.43. The minimum Gasteiger partial charge on any atom is -0.480 e. The van der Waals surface area contributed by atoms with Crippen LogP contribution in [-0.2, 0) is 4.79 Å². The lowest BCUT2D eigenvalue weighted by Gasteiger charge is -2.18. The number of amides is 2. The van der Waals surface area contributed by atoms with E-state index in [-0.39, 0.29) is 6.04 Å². The Bertz CT molecular complexity index is 479. The molecule has 6 heteroatoms. The Balaban J connectivity index is 2.59. The number of hydrogen-bond donors (Lipinski definition) is 3. The van der Waals surface area contributed by atoms with Crippen LogP contribution in [0.1, 0.15) is 38.3 Å². The third-order valence-electron chi connectivity index (χ3n) is 2.88. The van der Waals surface area contributed by atoms with E-state index >= 15 is 0 Å². The van der Waals surface area contributed by atoms with Gasteiger partial charge in [0.25, 0.3) is 0 Å². The number of carboxylic acid groups (broad SMARTS) is 1. The number of carbonyl (C=O) groups excluding carboxylic acids is 1. The lowest BCUT2D eigenvalue weighted by Crippen LogP contribution is -2.46. The molecule has 2 unspecified atom stereocenters. The van der Waals surface area contributed by atoms with Gasteiger partial charge in [0.15, 0.2) is 0 Å². The number of aliphatic carboxylic acids is 1. The molecule has 20 heavy (non-hydrogen) atoms. The first-order valence-electron chi connectivity index (χ1n) is 6.49. The van der Waals surface area contributed by atoms with Crippen molar-refractivity contribution >= 4 is 23.6 Å². The van der Waals surface area contributed by atoms with Crippen LogP contribution in [0.25, 0.3) is 0 Å². The Kier molecular flexibility index (Phi) is 6.31. The van der Waals surface area contributed by atoms with E-state index in [4.69, 9.17) is 16.7 Å². The molecule has 0 aliphatic heterocycles. The zero-order valence-corrected chi connectivity index (χ0v) is 12.3. The zero-order chi connectivity index (χ0) is 15.1. The van der Waals surface area contributed by atoms with Gasteiger partial charge in [0.05, 0.1) is 6.04 Å². The van der Waals surface area contributed by atoms with Crippen LogP contribution < -0.4 is 10.6 Å². The number of carbonyl (C=O) groups is 2. The fourth-order valence-corrected chi connectivity index (χ4v) is 2.00. The van der Waals surface area contributed by atoms with Crippen molar-refractivity contribution in [1.29, 1.82) is 0 Å². The molecule has 2 atom stereocenters. The van der Waals surface area contributed by atoms with Crippen molar-refractivity contribution in [2.75, 3.05) is 0 Å². The van der Waals surface area contributed by atoms with E-state index < -0.39 is 18.0 Å². The summed E-state index contributed by atoms with van der Waals surface area (Å²) in [5.74, 6) is -1.03. The first-order valence-corrected chi connectivity index (χ1v) is 6.87. The fourth-order valence-electron chi connectivity index (χ4n) is 1.80. The highest BCUT2D eigenvalue weighted by molar-refractivity contribution is 6.30. The van der Waals surface area contributed by atoms with Crippen LogP contribution in [-0.4, -0.2) is 23.1 Å². The second kappa shape index (κ2) is 7.75. The van der Waals surface area contributed by atoms with Crippen LogP contribution in [0.4, 0.5) is 4.79 Å². The van der Waals surface area contributed by atoms with Gasteiger partial charge in [-0.2, -0.15) is 0 Å². The van der Waals surface area contributed by atoms with Crippen LogP contribution in [0.15, 0.2) is 24.3 Å². The van der Waals surface area contributed by atoms with Crippen molar-refractivity contribution in [3.8, 4) is 0 Å². The van der Waals surface area contributed by atoms with Gasteiger partial charge in [-0.25, -0.2) is 9.59 Å². The molecule has 0 aliphatic rings. The number of halogens is 1. The molecule has 0 fully saturated rings. The molecule has 0 bridgehead atoms. The summed E-state index contributed by atoms with van der Waals surface area (Å²) in [5, 5.41) is 14.7. The monoisotopic (exact) mass is 298 g/mol. The lowest BCUT2D eigenvalue weighted by molar-refractivity contribution is -0.139. The quantitative estimate of drug-likeness (QED) is 0.755. The maximum atomic E-state index is 11.8. The number of benzene rings is 1. The molecule has 3 N–H and O–H groups in total. The van der Waals surface area contributed by atoms with Gasteiger partial charge >= 0.3 is 12.0 Å². The average Bonchev–Trinajstić information content (AvgIpc) is 2.38. The summed E-state index contributed by atoms with van der Waals surface area (Å²) in [6, 6.07) is 5.52. The van der Waals surface area contributed by atoms with Crippen molar-refractivity contribution in [1.82, 2.24) is 10.6 Å². The SMILES string of the molecule is CCCC(NC(=O)NC(C)c1cccc(Cl)c1)C(=O)O. The van der Waals surface area contributed by atoms with Gasteiger partial charge in [-0.15, -0.1) is 0 Å². The molecule has 0 saturated heterocycles. The first kappa shape index (κ1) is 16.3. The van der Waals surface area contributed by atoms with E-state index in [9.17, 15) is 9.59 Å². The highest BCUT2D eigenvalue weighted by Crippen LogP contribution is 2.17. The maximum Gasteiger partial charge on any atom is 0.326 e. The average molecular weight is 299 g/mol. The van der Waals surface area contributed by atoms with E-state index in [1.807, 2.05) is 13.0 Å². The van der Waals surface area contributed by atoms with Crippen LogP contribution >= 0.6 is 11.6 Å². The van der Waals surface area contributed by atoms with Gasteiger partial charge in [0.2, 0.25) is 0 Å². The Morgan fingerprint density at radius 3 is 2.60 bits per heavy atom. The van der Waals surface area contributed by atoms with Crippen LogP contribution in [0.5, 0.6) is 0 Å². The number of rotatable bonds is 6. The topological polar surface area (TPSA) is 78.4 Å². The second-order valence-corrected chi connectivity index (χ2v) is 5.01. The molecule has 0 aliphatic carbocycles. The summed E-state index contributed by atoms with van der Waals surface area (Å²) in [5.41, 5.74) is 0.856. The zero-order valence-electron chi connectivity index (χ0n) is 11.5. The predicted molar refractivity (Wildman–Crippen MR) is 77.9 cm³/mol. The highest BCUT2D eigenvalue weighted by atomic mass is 35.5. The summed E-state index contributed by atoms with van der Waals surface area (Å²) in [6.07, 6.45) is 1.08. The van der Waals surface area contributed by atoms with Gasteiger partial charge in [-0.1, -0.05) is 37.1 Å². The van der Waals surface area contributed by atoms with E-state index in [1.54, 1.807) is 25.1 Å². The van der Waals surface area contributed by atoms with Crippen LogP contribution in [0.3, 0.4) is 0 Å². The molecule has 0 heterocycles. The molecular weight excluding hydrogens is 280 g/mol. The standard InChI is InChI=1S/C14H19ClN2O3/c1-3-5-12(13(18)19)17-14(20)16-9(2)10-6-4-7-11(15)8-10/h4,6-9,12H,3,5H2,1-2H3,(H,18,19)(H2,16,17,20).